The van der Waals surface area contributed by atoms with Crippen molar-refractivity contribution in [3.05, 3.63) is 110 Å². The number of fused-ring (bicyclic) bond motifs is 3. The monoisotopic (exact) mass is 692 g/mol. The molecule has 0 saturated carbocycles. The highest BCUT2D eigenvalue weighted by atomic mass is 35.5. The van der Waals surface area contributed by atoms with Crippen molar-refractivity contribution in [1.29, 1.82) is 5.26 Å². The molecular formula is C39H45ClN8O2. The number of aryl methyl sites for hydroxylation is 6. The second-order valence-corrected chi connectivity index (χ2v) is 12.9. The molecule has 0 saturated heterocycles. The molecule has 0 spiro atoms. The zero-order chi connectivity index (χ0) is 35.4. The summed E-state index contributed by atoms with van der Waals surface area (Å²) in [7, 11) is 3.40. The van der Waals surface area contributed by atoms with Gasteiger partial charge in [-0.2, -0.15) is 5.26 Å². The Bertz CT molecular complexity index is 2150. The second kappa shape index (κ2) is 16.0. The van der Waals surface area contributed by atoms with E-state index in [-0.39, 0.29) is 36.3 Å². The Morgan fingerprint density at radius 3 is 2.24 bits per heavy atom. The lowest BCUT2D eigenvalue weighted by atomic mass is 9.91. The molecule has 3 heterocycles. The maximum atomic E-state index is 13.1. The summed E-state index contributed by atoms with van der Waals surface area (Å²) in [5, 5.41) is 14.0. The van der Waals surface area contributed by atoms with Crippen LogP contribution in [0.3, 0.4) is 0 Å². The van der Waals surface area contributed by atoms with Gasteiger partial charge in [0.1, 0.15) is 5.49 Å². The molecule has 0 fully saturated rings. The van der Waals surface area contributed by atoms with E-state index in [1.165, 1.54) is 22.3 Å². The number of ketones is 1. The third-order valence-corrected chi connectivity index (χ3v) is 9.15. The summed E-state index contributed by atoms with van der Waals surface area (Å²) < 4.78 is 3.54. The normalized spacial score (nSPS) is 15.4. The molecule has 10 nitrogen and oxygen atoms in total. The number of hydrogen-bond acceptors (Lipinski definition) is 6. The van der Waals surface area contributed by atoms with Gasteiger partial charge < -0.3 is 5.32 Å². The summed E-state index contributed by atoms with van der Waals surface area (Å²) in [6.07, 6.45) is 3.26. The van der Waals surface area contributed by atoms with Crippen LogP contribution < -0.4 is 21.8 Å². The molecule has 0 radical (unpaired) electrons. The van der Waals surface area contributed by atoms with Crippen LogP contribution in [-0.2, 0) is 24.8 Å². The molecule has 1 aromatic heterocycles. The zero-order valence-corrected chi connectivity index (χ0v) is 30.8. The standard InChI is InChI=1S/C24H27N3O.C15H17N5O.ClH/c1-14-9-17(4)23(18(5)10-14)25-22-13-21-20-12-16(3)15(2)11-19(20)7-8-27(21)24(28)26(22)6;1-10-7-13(21)8-18-14(10)11-3-5-12(6-4-11)20-15(17-2)19-9-16;/h9-13H,7-8H2,1-6H3;3-6,10H,7-8H2,1-2H3,(H2,17,19,20);1H. The van der Waals surface area contributed by atoms with E-state index >= 15 is 0 Å². The fourth-order valence-electron chi connectivity index (χ4n) is 6.51. The third kappa shape index (κ3) is 8.12. The quantitative estimate of drug-likeness (QED) is 0.115. The van der Waals surface area contributed by atoms with Crippen LogP contribution in [0.4, 0.5) is 11.4 Å². The first kappa shape index (κ1) is 37.5. The number of hydrogen-bond donors (Lipinski definition) is 2. The Labute approximate surface area is 299 Å². The Morgan fingerprint density at radius 1 is 0.960 bits per heavy atom. The van der Waals surface area contributed by atoms with Crippen molar-refractivity contribution < 1.29 is 4.79 Å². The molecule has 4 aromatic rings. The molecule has 2 aliphatic heterocycles. The number of rotatable bonds is 3. The van der Waals surface area contributed by atoms with Gasteiger partial charge in [0, 0.05) is 56.0 Å². The van der Waals surface area contributed by atoms with E-state index in [1.807, 2.05) is 49.0 Å². The number of halogens is 1. The van der Waals surface area contributed by atoms with Gasteiger partial charge in [-0.25, -0.2) is 9.79 Å². The Balaban J connectivity index is 0.000000230. The fraction of sp³-hybridized carbons (Fsp3) is 0.333. The molecule has 0 aliphatic carbocycles. The van der Waals surface area contributed by atoms with Gasteiger partial charge in [-0.15, -0.1) is 12.4 Å². The number of aliphatic imine (C=N–C) groups is 2. The average Bonchev–Trinajstić information content (AvgIpc) is 3.06. The number of guanidine groups is 1. The van der Waals surface area contributed by atoms with Gasteiger partial charge in [0.2, 0.25) is 5.96 Å². The van der Waals surface area contributed by atoms with Crippen LogP contribution in [0, 0.1) is 52.0 Å². The minimum Gasteiger partial charge on any atom is -0.326 e. The van der Waals surface area contributed by atoms with Crippen molar-refractivity contribution in [3.63, 3.8) is 0 Å². The third-order valence-electron chi connectivity index (χ3n) is 9.15. The minimum atomic E-state index is -0.0115. The number of carbonyl (C=O) groups is 1. The molecular weight excluding hydrogens is 648 g/mol. The van der Waals surface area contributed by atoms with Gasteiger partial charge >= 0.3 is 5.69 Å². The highest BCUT2D eigenvalue weighted by Gasteiger charge is 2.22. The number of Topliss-reactive ketones (excluding diaryl/α,β-unsaturated/α-hetero) is 1. The molecule has 2 N–H and O–H groups in total. The van der Waals surface area contributed by atoms with E-state index in [9.17, 15) is 9.59 Å². The van der Waals surface area contributed by atoms with Crippen LogP contribution in [0.25, 0.3) is 11.3 Å². The van der Waals surface area contributed by atoms with Crippen LogP contribution in [0.1, 0.15) is 52.3 Å². The van der Waals surface area contributed by atoms with E-state index in [1.54, 1.807) is 11.6 Å². The van der Waals surface area contributed by atoms with Crippen LogP contribution in [-0.4, -0.2) is 40.2 Å². The Morgan fingerprint density at radius 2 is 1.62 bits per heavy atom. The SMILES string of the molecule is CN=C(NC#N)Nc1ccc(C2=NCC(=O)CC2C)cc1.Cc1cc(C)c(N=c2cc3n(c(=O)n2C)CCc2cc(C)c(C)cc2-3)c(C)c1.Cl. The van der Waals surface area contributed by atoms with Crippen molar-refractivity contribution in [2.45, 2.75) is 60.9 Å². The summed E-state index contributed by atoms with van der Waals surface area (Å²) in [4.78, 5) is 37.6. The number of anilines is 1. The summed E-state index contributed by atoms with van der Waals surface area (Å²) in [5.41, 5.74) is 13.9. The van der Waals surface area contributed by atoms with Crippen LogP contribution in [0.2, 0.25) is 0 Å². The van der Waals surface area contributed by atoms with Gasteiger partial charge in [-0.1, -0.05) is 42.8 Å². The molecule has 50 heavy (non-hydrogen) atoms. The molecule has 1 unspecified atom stereocenters. The van der Waals surface area contributed by atoms with Crippen molar-refractivity contribution >= 4 is 41.2 Å². The average molecular weight is 693 g/mol. The molecule has 1 atom stereocenters. The van der Waals surface area contributed by atoms with Gasteiger partial charge in [-0.05, 0) is 92.6 Å². The number of benzene rings is 3. The predicted molar refractivity (Wildman–Crippen MR) is 204 cm³/mol. The highest BCUT2D eigenvalue weighted by molar-refractivity contribution is 6.07. The topological polar surface area (TPSA) is 129 Å². The first-order valence-corrected chi connectivity index (χ1v) is 16.5. The molecule has 11 heteroatoms. The lowest BCUT2D eigenvalue weighted by Crippen LogP contribution is -2.40. The summed E-state index contributed by atoms with van der Waals surface area (Å²) >= 11 is 0. The smallest absolute Gasteiger partial charge is 0.326 e. The second-order valence-electron chi connectivity index (χ2n) is 12.9. The largest absolute Gasteiger partial charge is 0.329 e. The molecule has 2 aliphatic rings. The molecule has 260 valence electrons. The Hall–Kier alpha value is -5.27. The first-order valence-electron chi connectivity index (χ1n) is 16.5. The van der Waals surface area contributed by atoms with Crippen molar-refractivity contribution in [1.82, 2.24) is 14.5 Å². The number of nitriles is 1. The molecule has 3 aromatic carbocycles. The van der Waals surface area contributed by atoms with Crippen LogP contribution >= 0.6 is 12.4 Å². The maximum Gasteiger partial charge on any atom is 0.329 e. The summed E-state index contributed by atoms with van der Waals surface area (Å²) in [6.45, 7) is 13.5. The molecule has 6 rings (SSSR count). The molecule has 0 bridgehead atoms. The highest BCUT2D eigenvalue weighted by Crippen LogP contribution is 2.30. The fourth-order valence-corrected chi connectivity index (χ4v) is 6.51. The molecule has 0 amide bonds. The summed E-state index contributed by atoms with van der Waals surface area (Å²) in [5.74, 6) is 0.730. The number of carbonyl (C=O) groups excluding carboxylic acids is 1. The number of nitrogens with zero attached hydrogens (tertiary/aromatic N) is 6. The zero-order valence-electron chi connectivity index (χ0n) is 30.0. The van der Waals surface area contributed by atoms with Gasteiger partial charge in [0.15, 0.2) is 12.0 Å². The van der Waals surface area contributed by atoms with Gasteiger partial charge in [0.05, 0.1) is 17.9 Å². The van der Waals surface area contributed by atoms with E-state index in [0.29, 0.717) is 24.4 Å². The minimum absolute atomic E-state index is 0. The van der Waals surface area contributed by atoms with E-state index < -0.39 is 0 Å². The van der Waals surface area contributed by atoms with Crippen LogP contribution in [0.15, 0.2) is 74.4 Å². The van der Waals surface area contributed by atoms with Crippen molar-refractivity contribution in [2.75, 3.05) is 18.9 Å². The number of aromatic nitrogens is 2. The van der Waals surface area contributed by atoms with E-state index in [0.717, 1.165) is 51.5 Å². The summed E-state index contributed by atoms with van der Waals surface area (Å²) in [6, 6.07) is 18.5. The van der Waals surface area contributed by atoms with E-state index in [4.69, 9.17) is 10.3 Å². The van der Waals surface area contributed by atoms with Gasteiger partial charge in [-0.3, -0.25) is 29.2 Å². The number of nitrogens with one attached hydrogen (secondary N) is 2. The van der Waals surface area contributed by atoms with Gasteiger partial charge in [0.25, 0.3) is 0 Å². The lowest BCUT2D eigenvalue weighted by molar-refractivity contribution is -0.118. The van der Waals surface area contributed by atoms with E-state index in [2.05, 4.69) is 85.6 Å². The maximum absolute atomic E-state index is 13.1. The predicted octanol–water partition coefficient (Wildman–Crippen LogP) is 6.16. The van der Waals surface area contributed by atoms with Crippen molar-refractivity contribution in [3.8, 4) is 17.5 Å². The lowest BCUT2D eigenvalue weighted by Gasteiger charge is -2.23. The van der Waals surface area contributed by atoms with Crippen LogP contribution in [0.5, 0.6) is 0 Å². The Kier molecular flexibility index (Phi) is 12.0. The first-order chi connectivity index (χ1) is 23.4. The van der Waals surface area contributed by atoms with Crippen molar-refractivity contribution in [2.24, 2.45) is 27.9 Å².